The molecule has 2 aromatic carbocycles. The van der Waals surface area contributed by atoms with Crippen LogP contribution in [0.4, 0.5) is 4.39 Å². The van der Waals surface area contributed by atoms with Gasteiger partial charge >= 0.3 is 0 Å². The zero-order valence-electron chi connectivity index (χ0n) is 18.4. The number of rotatable bonds is 6. The molecule has 33 heavy (non-hydrogen) atoms. The van der Waals surface area contributed by atoms with Crippen LogP contribution in [0.2, 0.25) is 0 Å². The van der Waals surface area contributed by atoms with Gasteiger partial charge in [0, 0.05) is 36.5 Å². The van der Waals surface area contributed by atoms with E-state index in [0.717, 1.165) is 35.5 Å². The minimum Gasteiger partial charge on any atom is -0.467 e. The highest BCUT2D eigenvalue weighted by Crippen LogP contribution is 2.35. The van der Waals surface area contributed by atoms with Gasteiger partial charge in [0.25, 0.3) is 0 Å². The van der Waals surface area contributed by atoms with Crippen molar-refractivity contribution in [3.63, 3.8) is 0 Å². The van der Waals surface area contributed by atoms with Gasteiger partial charge in [-0.2, -0.15) is 4.31 Å². The molecule has 0 amide bonds. The largest absolute Gasteiger partial charge is 0.467 e. The maximum absolute atomic E-state index is 14.1. The van der Waals surface area contributed by atoms with Crippen LogP contribution in [0, 0.1) is 5.82 Å². The fourth-order valence-electron chi connectivity index (χ4n) is 4.42. The lowest BCUT2D eigenvalue weighted by atomic mass is 10.1. The summed E-state index contributed by atoms with van der Waals surface area (Å²) in [6.45, 7) is 4.31. The lowest BCUT2D eigenvalue weighted by Crippen LogP contribution is -2.35. The first kappa shape index (κ1) is 22.6. The lowest BCUT2D eigenvalue weighted by Gasteiger charge is -2.25. The minimum atomic E-state index is -3.53. The van der Waals surface area contributed by atoms with Crippen molar-refractivity contribution in [1.82, 2.24) is 13.9 Å². The number of nitrogens with zero attached hydrogens (tertiary/aromatic N) is 3. The Hall–Kier alpha value is -2.14. The first-order valence-electron chi connectivity index (χ1n) is 11.1. The van der Waals surface area contributed by atoms with Crippen LogP contribution < -0.4 is 4.74 Å². The molecule has 3 heterocycles. The smallest absolute Gasteiger partial charge is 0.243 e. The maximum atomic E-state index is 14.1. The molecule has 10 heteroatoms. The van der Waals surface area contributed by atoms with Crippen molar-refractivity contribution in [2.75, 3.05) is 19.9 Å². The average Bonchev–Trinajstić information content (AvgIpc) is 3.19. The first-order chi connectivity index (χ1) is 16.0. The van der Waals surface area contributed by atoms with Crippen molar-refractivity contribution in [1.29, 1.82) is 0 Å². The molecule has 0 radical (unpaired) electrons. The van der Waals surface area contributed by atoms with E-state index in [1.165, 1.54) is 23.9 Å². The predicted molar refractivity (Wildman–Crippen MR) is 124 cm³/mol. The van der Waals surface area contributed by atoms with Crippen molar-refractivity contribution in [2.24, 2.45) is 0 Å². The third-order valence-corrected chi connectivity index (χ3v) is 8.98. The van der Waals surface area contributed by atoms with E-state index in [1.54, 1.807) is 16.4 Å². The monoisotopic (exact) mass is 491 g/mol. The van der Waals surface area contributed by atoms with E-state index in [0.29, 0.717) is 48.8 Å². The lowest BCUT2D eigenvalue weighted by molar-refractivity contribution is -0.0171. The van der Waals surface area contributed by atoms with E-state index < -0.39 is 10.0 Å². The van der Waals surface area contributed by atoms with Crippen LogP contribution >= 0.6 is 11.8 Å². The standard InChI is InChI=1S/C23H26FN3O4S2/c1-2-27-21-7-6-19(33(28,29)26-8-4-3-5-9-26)12-20(21)25-23(27)32-14-17-11-18(24)10-16-13-30-15-31-22(16)17/h6-7,10-12H,2-5,8-9,13-15H2,1H3. The Morgan fingerprint density at radius 2 is 1.97 bits per heavy atom. The first-order valence-corrected chi connectivity index (χ1v) is 13.5. The molecule has 1 fully saturated rings. The van der Waals surface area contributed by atoms with Gasteiger partial charge in [0.1, 0.15) is 11.6 Å². The molecule has 3 aromatic rings. The number of imidazole rings is 1. The number of piperidine rings is 1. The van der Waals surface area contributed by atoms with E-state index in [9.17, 15) is 12.8 Å². The molecular formula is C23H26FN3O4S2. The Morgan fingerprint density at radius 1 is 1.15 bits per heavy atom. The SMILES string of the molecule is CCn1c(SCc2cc(F)cc3c2OCOC3)nc2cc(S(=O)(=O)N3CCCCC3)ccc21. The van der Waals surface area contributed by atoms with Gasteiger partial charge in [-0.3, -0.25) is 0 Å². The molecule has 0 N–H and O–H groups in total. The van der Waals surface area contributed by atoms with Crippen molar-refractivity contribution >= 4 is 32.8 Å². The Kier molecular flexibility index (Phi) is 6.34. The summed E-state index contributed by atoms with van der Waals surface area (Å²) in [5.74, 6) is 0.821. The Morgan fingerprint density at radius 3 is 2.76 bits per heavy atom. The topological polar surface area (TPSA) is 73.7 Å². The molecule has 2 aliphatic rings. The summed E-state index contributed by atoms with van der Waals surface area (Å²) in [4.78, 5) is 5.02. The zero-order valence-corrected chi connectivity index (χ0v) is 20.1. The predicted octanol–water partition coefficient (Wildman–Crippen LogP) is 4.53. The highest BCUT2D eigenvalue weighted by Gasteiger charge is 2.27. The third kappa shape index (κ3) is 4.37. The molecule has 0 saturated carbocycles. The summed E-state index contributed by atoms with van der Waals surface area (Å²) >= 11 is 1.48. The molecular weight excluding hydrogens is 465 g/mol. The van der Waals surface area contributed by atoms with Gasteiger partial charge in [-0.15, -0.1) is 0 Å². The summed E-state index contributed by atoms with van der Waals surface area (Å²) < 4.78 is 54.8. The fraction of sp³-hybridized carbons (Fsp3) is 0.435. The van der Waals surface area contributed by atoms with Crippen LogP contribution in [-0.4, -0.2) is 42.2 Å². The Labute approximate surface area is 196 Å². The summed E-state index contributed by atoms with van der Waals surface area (Å²) in [5.41, 5.74) is 2.97. The van der Waals surface area contributed by atoms with Gasteiger partial charge in [0.2, 0.25) is 10.0 Å². The van der Waals surface area contributed by atoms with Crippen LogP contribution in [0.3, 0.4) is 0 Å². The molecule has 1 aromatic heterocycles. The fourth-order valence-corrected chi connectivity index (χ4v) is 7.01. The van der Waals surface area contributed by atoms with E-state index in [1.807, 2.05) is 17.6 Å². The van der Waals surface area contributed by atoms with Crippen molar-refractivity contribution in [3.8, 4) is 5.75 Å². The normalized spacial score (nSPS) is 17.2. The number of fused-ring (bicyclic) bond motifs is 2. The molecule has 5 rings (SSSR count). The second kappa shape index (κ2) is 9.25. The molecule has 0 bridgehead atoms. The van der Waals surface area contributed by atoms with Gasteiger partial charge in [-0.1, -0.05) is 18.2 Å². The van der Waals surface area contributed by atoms with Crippen LogP contribution in [0.5, 0.6) is 5.75 Å². The molecule has 7 nitrogen and oxygen atoms in total. The number of hydrogen-bond acceptors (Lipinski definition) is 6. The molecule has 176 valence electrons. The summed E-state index contributed by atoms with van der Waals surface area (Å²) in [6, 6.07) is 8.09. The zero-order chi connectivity index (χ0) is 23.0. The van der Waals surface area contributed by atoms with Crippen LogP contribution in [0.25, 0.3) is 11.0 Å². The quantitative estimate of drug-likeness (QED) is 0.472. The van der Waals surface area contributed by atoms with Gasteiger partial charge < -0.3 is 14.0 Å². The summed E-state index contributed by atoms with van der Waals surface area (Å²) in [5, 5.41) is 0.755. The molecule has 0 spiro atoms. The van der Waals surface area contributed by atoms with Gasteiger partial charge in [-0.25, -0.2) is 17.8 Å². The third-order valence-electron chi connectivity index (χ3n) is 6.06. The van der Waals surface area contributed by atoms with Crippen molar-refractivity contribution < 1.29 is 22.3 Å². The highest BCUT2D eigenvalue weighted by atomic mass is 32.2. The number of thioether (sulfide) groups is 1. The molecule has 1 saturated heterocycles. The average molecular weight is 492 g/mol. The number of benzene rings is 2. The van der Waals surface area contributed by atoms with Crippen molar-refractivity contribution in [2.45, 2.75) is 55.1 Å². The van der Waals surface area contributed by atoms with E-state index in [4.69, 9.17) is 14.5 Å². The molecule has 0 unspecified atom stereocenters. The number of aryl methyl sites for hydroxylation is 1. The summed E-state index contributed by atoms with van der Waals surface area (Å²) in [6.07, 6.45) is 2.86. The van der Waals surface area contributed by atoms with Crippen LogP contribution in [0.1, 0.15) is 37.3 Å². The molecule has 0 aliphatic carbocycles. The maximum Gasteiger partial charge on any atom is 0.243 e. The second-order valence-electron chi connectivity index (χ2n) is 8.21. The van der Waals surface area contributed by atoms with Crippen LogP contribution in [0.15, 0.2) is 40.4 Å². The number of ether oxygens (including phenoxy) is 2. The van der Waals surface area contributed by atoms with E-state index >= 15 is 0 Å². The number of hydrogen-bond donors (Lipinski definition) is 0. The van der Waals surface area contributed by atoms with Crippen molar-refractivity contribution in [3.05, 3.63) is 47.3 Å². The van der Waals surface area contributed by atoms with E-state index in [-0.39, 0.29) is 17.5 Å². The highest BCUT2D eigenvalue weighted by molar-refractivity contribution is 7.98. The second-order valence-corrected chi connectivity index (χ2v) is 11.1. The van der Waals surface area contributed by atoms with E-state index in [2.05, 4.69) is 0 Å². The Balaban J connectivity index is 1.44. The molecule has 2 aliphatic heterocycles. The Bertz CT molecular complexity index is 1290. The summed E-state index contributed by atoms with van der Waals surface area (Å²) in [7, 11) is -3.53. The molecule has 0 atom stereocenters. The number of sulfonamides is 1. The minimum absolute atomic E-state index is 0.151. The number of halogens is 1. The van der Waals surface area contributed by atoms with Gasteiger partial charge in [-0.05, 0) is 50.1 Å². The number of aromatic nitrogens is 2. The van der Waals surface area contributed by atoms with Crippen LogP contribution in [-0.2, 0) is 33.7 Å². The van der Waals surface area contributed by atoms with Gasteiger partial charge in [0.15, 0.2) is 11.9 Å². The van der Waals surface area contributed by atoms with Gasteiger partial charge in [0.05, 0.1) is 22.5 Å².